The van der Waals surface area contributed by atoms with Crippen LogP contribution in [0.2, 0.25) is 0 Å². The standard InChI is InChI=1S/C33H50N4O5/c1-8-24-14-12-13-17-26(24)29(30(39)35-25-15-10-9-11-16-25)37(23(4)19-18-22(2)3)31(40)27(20-21-28(34)38)36-32(41)42-33(5,6)7/h1,12-14,17,22-23,25,27,29H,9-11,15-16,18-21H2,2-7H3,(H2,34,38)(H,35,39)(H,36,41). The van der Waals surface area contributed by atoms with Crippen molar-refractivity contribution in [2.45, 2.75) is 129 Å². The minimum atomic E-state index is -1.16. The fourth-order valence-electron chi connectivity index (χ4n) is 5.30. The van der Waals surface area contributed by atoms with Gasteiger partial charge < -0.3 is 26.0 Å². The molecule has 1 saturated carbocycles. The summed E-state index contributed by atoms with van der Waals surface area (Å²) in [4.78, 5) is 54.9. The van der Waals surface area contributed by atoms with Crippen molar-refractivity contribution in [2.75, 3.05) is 0 Å². The third kappa shape index (κ3) is 11.0. The van der Waals surface area contributed by atoms with Crippen molar-refractivity contribution in [1.29, 1.82) is 0 Å². The number of primary amides is 1. The first kappa shape index (κ1) is 34.7. The fraction of sp³-hybridized carbons (Fsp3) is 0.636. The molecular weight excluding hydrogens is 532 g/mol. The number of nitrogens with zero attached hydrogens (tertiary/aromatic N) is 1. The van der Waals surface area contributed by atoms with Crippen molar-refractivity contribution >= 4 is 23.8 Å². The Labute approximate surface area is 251 Å². The Balaban J connectivity index is 2.63. The van der Waals surface area contributed by atoms with Gasteiger partial charge in [-0.25, -0.2) is 4.79 Å². The van der Waals surface area contributed by atoms with E-state index < -0.39 is 41.6 Å². The molecule has 2 rings (SSSR count). The number of alkyl carbamates (subject to hydrolysis) is 1. The van der Waals surface area contributed by atoms with Crippen LogP contribution in [0.1, 0.15) is 116 Å². The Morgan fingerprint density at radius 3 is 2.26 bits per heavy atom. The van der Waals surface area contributed by atoms with Gasteiger partial charge in [-0.05, 0) is 77.3 Å². The predicted octanol–water partition coefficient (Wildman–Crippen LogP) is 4.97. The van der Waals surface area contributed by atoms with Crippen LogP contribution in [-0.2, 0) is 19.1 Å². The van der Waals surface area contributed by atoms with Crippen LogP contribution in [0.3, 0.4) is 0 Å². The Bertz CT molecular complexity index is 1110. The van der Waals surface area contributed by atoms with Gasteiger partial charge in [0.25, 0.3) is 0 Å². The zero-order valence-corrected chi connectivity index (χ0v) is 26.2. The second-order valence-electron chi connectivity index (χ2n) is 12.7. The van der Waals surface area contributed by atoms with Gasteiger partial charge in [0.1, 0.15) is 17.7 Å². The lowest BCUT2D eigenvalue weighted by Gasteiger charge is -2.40. The molecule has 232 valence electrons. The quantitative estimate of drug-likeness (QED) is 0.283. The molecule has 3 atom stereocenters. The average Bonchev–Trinajstić information content (AvgIpc) is 2.91. The lowest BCUT2D eigenvalue weighted by molar-refractivity contribution is -0.145. The fourth-order valence-corrected chi connectivity index (χ4v) is 5.30. The van der Waals surface area contributed by atoms with E-state index in [-0.39, 0.29) is 24.8 Å². The maximum Gasteiger partial charge on any atom is 0.408 e. The van der Waals surface area contributed by atoms with Crippen LogP contribution in [0.15, 0.2) is 24.3 Å². The third-order valence-corrected chi connectivity index (χ3v) is 7.45. The average molecular weight is 583 g/mol. The molecule has 1 aliphatic carbocycles. The number of hydrogen-bond acceptors (Lipinski definition) is 5. The van der Waals surface area contributed by atoms with Gasteiger partial charge >= 0.3 is 6.09 Å². The summed E-state index contributed by atoms with van der Waals surface area (Å²) in [6.45, 7) is 11.2. The van der Waals surface area contributed by atoms with Crippen molar-refractivity contribution in [2.24, 2.45) is 11.7 Å². The SMILES string of the molecule is C#Cc1ccccc1C(C(=O)NC1CCCCC1)N(C(=O)C(CCC(N)=O)NC(=O)OC(C)(C)C)C(C)CCC(C)C. The van der Waals surface area contributed by atoms with Crippen LogP contribution in [0.4, 0.5) is 4.79 Å². The monoisotopic (exact) mass is 582 g/mol. The molecule has 1 aromatic rings. The molecule has 1 fully saturated rings. The maximum atomic E-state index is 14.5. The predicted molar refractivity (Wildman–Crippen MR) is 164 cm³/mol. The van der Waals surface area contributed by atoms with Crippen LogP contribution in [0, 0.1) is 18.3 Å². The molecule has 3 unspecified atom stereocenters. The summed E-state index contributed by atoms with van der Waals surface area (Å²) in [5.41, 5.74) is 5.67. The molecule has 0 radical (unpaired) electrons. The molecule has 0 aromatic heterocycles. The van der Waals surface area contributed by atoms with Crippen LogP contribution in [0.5, 0.6) is 0 Å². The van der Waals surface area contributed by atoms with E-state index in [4.69, 9.17) is 16.9 Å². The lowest BCUT2D eigenvalue weighted by atomic mass is 9.92. The Kier molecular flexibility index (Phi) is 13.4. The van der Waals surface area contributed by atoms with E-state index in [1.165, 1.54) is 0 Å². The summed E-state index contributed by atoms with van der Waals surface area (Å²) >= 11 is 0. The number of ether oxygens (including phenoxy) is 1. The molecule has 1 aliphatic rings. The molecule has 0 heterocycles. The van der Waals surface area contributed by atoms with E-state index in [0.717, 1.165) is 38.5 Å². The minimum Gasteiger partial charge on any atom is -0.444 e. The zero-order valence-electron chi connectivity index (χ0n) is 26.2. The normalized spacial score (nSPS) is 16.0. The Hall–Kier alpha value is -3.54. The van der Waals surface area contributed by atoms with Crippen LogP contribution in [-0.4, -0.2) is 52.4 Å². The third-order valence-electron chi connectivity index (χ3n) is 7.45. The highest BCUT2D eigenvalue weighted by Crippen LogP contribution is 2.31. The van der Waals surface area contributed by atoms with E-state index in [1.807, 2.05) is 6.92 Å². The van der Waals surface area contributed by atoms with E-state index in [9.17, 15) is 19.2 Å². The summed E-state index contributed by atoms with van der Waals surface area (Å²) in [6.07, 6.45) is 11.2. The van der Waals surface area contributed by atoms with Crippen molar-refractivity contribution in [1.82, 2.24) is 15.5 Å². The van der Waals surface area contributed by atoms with Gasteiger partial charge in [-0.15, -0.1) is 6.42 Å². The minimum absolute atomic E-state index is 0.000201. The van der Waals surface area contributed by atoms with Crippen LogP contribution >= 0.6 is 0 Å². The van der Waals surface area contributed by atoms with Gasteiger partial charge in [0.2, 0.25) is 17.7 Å². The smallest absolute Gasteiger partial charge is 0.408 e. The number of terminal acetylenes is 1. The van der Waals surface area contributed by atoms with Crippen LogP contribution in [0.25, 0.3) is 0 Å². The number of rotatable bonds is 13. The molecule has 0 aliphatic heterocycles. The number of carbonyl (C=O) groups is 4. The highest BCUT2D eigenvalue weighted by atomic mass is 16.6. The lowest BCUT2D eigenvalue weighted by Crippen LogP contribution is -2.56. The number of carbonyl (C=O) groups excluding carboxylic acids is 4. The van der Waals surface area contributed by atoms with Gasteiger partial charge in [0, 0.05) is 24.1 Å². The largest absolute Gasteiger partial charge is 0.444 e. The molecular formula is C33H50N4O5. The molecule has 42 heavy (non-hydrogen) atoms. The first-order chi connectivity index (χ1) is 19.7. The van der Waals surface area contributed by atoms with Crippen molar-refractivity contribution < 1.29 is 23.9 Å². The highest BCUT2D eigenvalue weighted by Gasteiger charge is 2.40. The molecule has 9 nitrogen and oxygen atoms in total. The van der Waals surface area contributed by atoms with E-state index in [2.05, 4.69) is 30.4 Å². The number of amides is 4. The maximum absolute atomic E-state index is 14.5. The molecule has 0 bridgehead atoms. The van der Waals surface area contributed by atoms with Crippen molar-refractivity contribution in [3.8, 4) is 12.3 Å². The number of benzene rings is 1. The topological polar surface area (TPSA) is 131 Å². The number of nitrogens with one attached hydrogen (secondary N) is 2. The number of hydrogen-bond donors (Lipinski definition) is 3. The zero-order chi connectivity index (χ0) is 31.4. The Morgan fingerprint density at radius 2 is 1.69 bits per heavy atom. The van der Waals surface area contributed by atoms with Gasteiger partial charge in [-0.2, -0.15) is 0 Å². The second-order valence-corrected chi connectivity index (χ2v) is 12.7. The molecule has 4 amide bonds. The summed E-state index contributed by atoms with van der Waals surface area (Å²) in [6, 6.07) is 4.51. The first-order valence-electron chi connectivity index (χ1n) is 15.2. The van der Waals surface area contributed by atoms with E-state index in [0.29, 0.717) is 23.5 Å². The summed E-state index contributed by atoms with van der Waals surface area (Å²) < 4.78 is 5.43. The molecule has 4 N–H and O–H groups in total. The van der Waals surface area contributed by atoms with E-state index in [1.54, 1.807) is 49.9 Å². The second kappa shape index (κ2) is 16.2. The van der Waals surface area contributed by atoms with Gasteiger partial charge in [0.15, 0.2) is 0 Å². The molecule has 0 spiro atoms. The highest BCUT2D eigenvalue weighted by molar-refractivity contribution is 5.93. The summed E-state index contributed by atoms with van der Waals surface area (Å²) in [5, 5.41) is 5.85. The molecule has 1 aromatic carbocycles. The van der Waals surface area contributed by atoms with Crippen molar-refractivity contribution in [3.05, 3.63) is 35.4 Å². The molecule has 0 saturated heterocycles. The van der Waals surface area contributed by atoms with Gasteiger partial charge in [0.05, 0.1) is 0 Å². The Morgan fingerprint density at radius 1 is 1.05 bits per heavy atom. The summed E-state index contributed by atoms with van der Waals surface area (Å²) in [7, 11) is 0. The van der Waals surface area contributed by atoms with Crippen LogP contribution < -0.4 is 16.4 Å². The first-order valence-corrected chi connectivity index (χ1v) is 15.2. The van der Waals surface area contributed by atoms with Gasteiger partial charge in [-0.3, -0.25) is 14.4 Å². The number of nitrogens with two attached hydrogens (primary N) is 1. The summed E-state index contributed by atoms with van der Waals surface area (Å²) in [5.74, 6) is 1.61. The van der Waals surface area contributed by atoms with Crippen molar-refractivity contribution in [3.63, 3.8) is 0 Å². The van der Waals surface area contributed by atoms with E-state index >= 15 is 0 Å². The molecule has 9 heteroatoms. The van der Waals surface area contributed by atoms with Gasteiger partial charge in [-0.1, -0.05) is 57.2 Å².